The predicted molar refractivity (Wildman–Crippen MR) is 121 cm³/mol. The van der Waals surface area contributed by atoms with Crippen LogP contribution in [-0.4, -0.2) is 50.4 Å². The first kappa shape index (κ1) is 23.9. The summed E-state index contributed by atoms with van der Waals surface area (Å²) in [4.78, 5) is 8.91. The summed E-state index contributed by atoms with van der Waals surface area (Å²) in [6, 6.07) is 3.78. The monoisotopic (exact) mass is 490 g/mol. The van der Waals surface area contributed by atoms with Gasteiger partial charge in [-0.2, -0.15) is 0 Å². The molecule has 0 aliphatic heterocycles. The van der Waals surface area contributed by atoms with E-state index >= 15 is 0 Å². The van der Waals surface area contributed by atoms with Gasteiger partial charge in [0.15, 0.2) is 5.96 Å². The van der Waals surface area contributed by atoms with E-state index in [2.05, 4.69) is 29.5 Å². The first-order valence-corrected chi connectivity index (χ1v) is 9.91. The molecule has 0 saturated heterocycles. The third-order valence-electron chi connectivity index (χ3n) is 4.86. The Hall–Kier alpha value is -1.09. The number of halogens is 1. The molecule has 154 valence electrons. The van der Waals surface area contributed by atoms with Gasteiger partial charge >= 0.3 is 0 Å². The van der Waals surface area contributed by atoms with Crippen LogP contribution >= 0.6 is 24.0 Å². The van der Waals surface area contributed by atoms with E-state index in [9.17, 15) is 0 Å². The lowest BCUT2D eigenvalue weighted by Crippen LogP contribution is -2.40. The Morgan fingerprint density at radius 1 is 1.22 bits per heavy atom. The minimum atomic E-state index is 0. The molecule has 1 aromatic heterocycles. The summed E-state index contributed by atoms with van der Waals surface area (Å²) >= 11 is 0. The van der Waals surface area contributed by atoms with Crippen LogP contribution in [0.25, 0.3) is 0 Å². The minimum absolute atomic E-state index is 0. The molecule has 0 aromatic carbocycles. The molecule has 0 atom stereocenters. The van der Waals surface area contributed by atoms with Gasteiger partial charge in [-0.15, -0.1) is 24.0 Å². The minimum Gasteiger partial charge on any atom is -0.490 e. The first-order valence-electron chi connectivity index (χ1n) is 9.91. The average molecular weight is 490 g/mol. The lowest BCUT2D eigenvalue weighted by molar-refractivity contribution is 0.107. The fourth-order valence-corrected chi connectivity index (χ4v) is 3.40. The molecule has 0 radical (unpaired) electrons. The number of guanidine groups is 1. The third-order valence-corrected chi connectivity index (χ3v) is 4.86. The van der Waals surface area contributed by atoms with Crippen molar-refractivity contribution >= 4 is 29.9 Å². The van der Waals surface area contributed by atoms with Gasteiger partial charge in [-0.3, -0.25) is 9.98 Å². The maximum absolute atomic E-state index is 5.67. The molecule has 6 nitrogen and oxygen atoms in total. The summed E-state index contributed by atoms with van der Waals surface area (Å²) in [5.74, 6) is 1.65. The number of rotatable bonds is 11. The van der Waals surface area contributed by atoms with Gasteiger partial charge in [-0.1, -0.05) is 12.8 Å². The molecule has 7 heteroatoms. The first-order chi connectivity index (χ1) is 12.8. The molecule has 1 aromatic rings. The van der Waals surface area contributed by atoms with Gasteiger partial charge in [-0.25, -0.2) is 0 Å². The Balaban J connectivity index is 0.00000364. The van der Waals surface area contributed by atoms with Crippen molar-refractivity contribution in [1.82, 2.24) is 15.6 Å². The van der Waals surface area contributed by atoms with Crippen molar-refractivity contribution in [3.63, 3.8) is 0 Å². The van der Waals surface area contributed by atoms with Crippen LogP contribution < -0.4 is 15.4 Å². The van der Waals surface area contributed by atoms with Crippen LogP contribution in [0.3, 0.4) is 0 Å². The number of ether oxygens (including phenoxy) is 2. The average Bonchev–Trinajstić information content (AvgIpc) is 3.13. The van der Waals surface area contributed by atoms with Crippen LogP contribution in [0, 0.1) is 5.41 Å². The zero-order valence-corrected chi connectivity index (χ0v) is 19.0. The summed E-state index contributed by atoms with van der Waals surface area (Å²) in [6.07, 6.45) is 9.70. The SMILES string of the molecule is CCNC(=NCC1(CCOCC)CCCC1)NCCOc1cccnc1.I. The molecular formula is C20H35IN4O2. The zero-order valence-electron chi connectivity index (χ0n) is 16.7. The van der Waals surface area contributed by atoms with Crippen molar-refractivity contribution in [3.05, 3.63) is 24.5 Å². The van der Waals surface area contributed by atoms with Crippen LogP contribution in [-0.2, 0) is 4.74 Å². The second-order valence-electron chi connectivity index (χ2n) is 6.81. The van der Waals surface area contributed by atoms with Gasteiger partial charge in [-0.05, 0) is 50.7 Å². The Labute approximate surface area is 180 Å². The number of pyridine rings is 1. The molecule has 1 aliphatic rings. The van der Waals surface area contributed by atoms with Crippen LogP contribution in [0.1, 0.15) is 46.0 Å². The molecule has 27 heavy (non-hydrogen) atoms. The van der Waals surface area contributed by atoms with Crippen molar-refractivity contribution in [1.29, 1.82) is 0 Å². The number of aromatic nitrogens is 1. The Morgan fingerprint density at radius 3 is 2.70 bits per heavy atom. The maximum Gasteiger partial charge on any atom is 0.191 e. The van der Waals surface area contributed by atoms with E-state index in [1.54, 1.807) is 12.4 Å². The van der Waals surface area contributed by atoms with E-state index in [0.29, 0.717) is 18.6 Å². The molecule has 2 rings (SSSR count). The van der Waals surface area contributed by atoms with Crippen LogP contribution in [0.4, 0.5) is 0 Å². The smallest absolute Gasteiger partial charge is 0.191 e. The lowest BCUT2D eigenvalue weighted by atomic mass is 9.83. The van der Waals surface area contributed by atoms with Gasteiger partial charge in [0.25, 0.3) is 0 Å². The van der Waals surface area contributed by atoms with Crippen molar-refractivity contribution in [3.8, 4) is 5.75 Å². The Bertz CT molecular complexity index is 522. The number of nitrogens with one attached hydrogen (secondary N) is 2. The van der Waals surface area contributed by atoms with Gasteiger partial charge in [0, 0.05) is 32.5 Å². The van der Waals surface area contributed by atoms with Crippen molar-refractivity contribution in [2.24, 2.45) is 10.4 Å². The van der Waals surface area contributed by atoms with Crippen molar-refractivity contribution < 1.29 is 9.47 Å². The highest BCUT2D eigenvalue weighted by Gasteiger charge is 2.33. The summed E-state index contributed by atoms with van der Waals surface area (Å²) in [7, 11) is 0. The number of hydrogen-bond acceptors (Lipinski definition) is 4. The Kier molecular flexibility index (Phi) is 12.4. The molecule has 1 saturated carbocycles. The standard InChI is InChI=1S/C20H34N4O2.HI/c1-3-22-19(23-13-15-26-18-8-7-12-21-16-18)24-17-20(9-5-6-10-20)11-14-25-4-2;/h7-8,12,16H,3-6,9-11,13-15,17H2,1-2H3,(H2,22,23,24);1H. The van der Waals surface area contributed by atoms with E-state index in [1.807, 2.05) is 12.1 Å². The van der Waals surface area contributed by atoms with Gasteiger partial charge < -0.3 is 20.1 Å². The number of hydrogen-bond donors (Lipinski definition) is 2. The highest BCUT2D eigenvalue weighted by molar-refractivity contribution is 14.0. The highest BCUT2D eigenvalue weighted by Crippen LogP contribution is 2.41. The fraction of sp³-hybridized carbons (Fsp3) is 0.700. The third kappa shape index (κ3) is 9.10. The molecule has 1 fully saturated rings. The summed E-state index contributed by atoms with van der Waals surface area (Å²) in [5.41, 5.74) is 0.309. The summed E-state index contributed by atoms with van der Waals surface area (Å²) in [5, 5.41) is 6.69. The normalized spacial score (nSPS) is 15.9. The number of nitrogens with zero attached hydrogens (tertiary/aromatic N) is 2. The molecule has 1 heterocycles. The van der Waals surface area contributed by atoms with E-state index in [0.717, 1.165) is 44.4 Å². The number of aliphatic imine (C=N–C) groups is 1. The Morgan fingerprint density at radius 2 is 2.04 bits per heavy atom. The van der Waals surface area contributed by atoms with Gasteiger partial charge in [0.05, 0.1) is 12.7 Å². The van der Waals surface area contributed by atoms with Crippen LogP contribution in [0.15, 0.2) is 29.5 Å². The van der Waals surface area contributed by atoms with E-state index in [-0.39, 0.29) is 24.0 Å². The van der Waals surface area contributed by atoms with Crippen LogP contribution in [0.5, 0.6) is 5.75 Å². The van der Waals surface area contributed by atoms with E-state index < -0.39 is 0 Å². The van der Waals surface area contributed by atoms with Crippen molar-refractivity contribution in [2.75, 3.05) is 39.5 Å². The summed E-state index contributed by atoms with van der Waals surface area (Å²) in [6.45, 7) is 8.76. The molecule has 1 aliphatic carbocycles. The second kappa shape index (κ2) is 14.0. The molecule has 2 N–H and O–H groups in total. The summed E-state index contributed by atoms with van der Waals surface area (Å²) < 4.78 is 11.3. The van der Waals surface area contributed by atoms with E-state index in [4.69, 9.17) is 14.5 Å². The van der Waals surface area contributed by atoms with Crippen LogP contribution in [0.2, 0.25) is 0 Å². The molecule has 0 bridgehead atoms. The largest absolute Gasteiger partial charge is 0.490 e. The predicted octanol–water partition coefficient (Wildman–Crippen LogP) is 3.62. The van der Waals surface area contributed by atoms with Gasteiger partial charge in [0.2, 0.25) is 0 Å². The molecular weight excluding hydrogens is 455 g/mol. The second-order valence-corrected chi connectivity index (χ2v) is 6.81. The topological polar surface area (TPSA) is 67.8 Å². The zero-order chi connectivity index (χ0) is 18.5. The molecule has 0 amide bonds. The molecule has 0 unspecified atom stereocenters. The maximum atomic E-state index is 5.67. The lowest BCUT2D eigenvalue weighted by Gasteiger charge is -2.27. The fourth-order valence-electron chi connectivity index (χ4n) is 3.40. The highest BCUT2D eigenvalue weighted by atomic mass is 127. The quantitative estimate of drug-likeness (QED) is 0.215. The van der Waals surface area contributed by atoms with Gasteiger partial charge in [0.1, 0.15) is 12.4 Å². The van der Waals surface area contributed by atoms with E-state index in [1.165, 1.54) is 25.7 Å². The van der Waals surface area contributed by atoms with Crippen molar-refractivity contribution in [2.45, 2.75) is 46.0 Å². The molecule has 0 spiro atoms.